The largest absolute Gasteiger partial charge is 0.394 e. The minimum Gasteiger partial charge on any atom is -0.394 e. The van der Waals surface area contributed by atoms with Crippen molar-refractivity contribution in [3.05, 3.63) is 44.5 Å². The summed E-state index contributed by atoms with van der Waals surface area (Å²) in [5, 5.41) is 36.6. The maximum atomic E-state index is 11.8. The number of hydrogen-bond donors (Lipinski definition) is 4. The van der Waals surface area contributed by atoms with Crippen LogP contribution in [0.4, 0.5) is 0 Å². The van der Waals surface area contributed by atoms with E-state index in [1.54, 1.807) is 13.1 Å². The SMILES string of the molecule is Cc1cn(Cc2cn(C[C@H]3O[C@H](CO)[C@@H](O)[C@@H]3O)nn2)c(=O)[nH]c1=O. The number of H-pyrrole nitrogens is 1. The molecule has 11 heteroatoms. The average Bonchev–Trinajstić information content (AvgIpc) is 3.12. The molecule has 0 spiro atoms. The summed E-state index contributed by atoms with van der Waals surface area (Å²) in [6.07, 6.45) is -0.881. The van der Waals surface area contributed by atoms with Crippen LogP contribution in [-0.4, -0.2) is 70.9 Å². The Morgan fingerprint density at radius 3 is 2.64 bits per heavy atom. The summed E-state index contributed by atoms with van der Waals surface area (Å²) in [5.41, 5.74) is -0.110. The topological polar surface area (TPSA) is 155 Å². The molecule has 136 valence electrons. The lowest BCUT2D eigenvalue weighted by Gasteiger charge is -2.13. The lowest BCUT2D eigenvalue weighted by atomic mass is 10.1. The second kappa shape index (κ2) is 6.88. The lowest BCUT2D eigenvalue weighted by Crippen LogP contribution is -2.35. The third-order valence-electron chi connectivity index (χ3n) is 4.12. The molecule has 4 N–H and O–H groups in total. The molecule has 1 fully saturated rings. The highest BCUT2D eigenvalue weighted by Gasteiger charge is 2.42. The number of rotatable bonds is 5. The predicted molar refractivity (Wildman–Crippen MR) is 82.9 cm³/mol. The van der Waals surface area contributed by atoms with Crippen molar-refractivity contribution >= 4 is 0 Å². The molecule has 1 aliphatic heterocycles. The number of hydrogen-bond acceptors (Lipinski definition) is 8. The van der Waals surface area contributed by atoms with E-state index in [9.17, 15) is 19.8 Å². The van der Waals surface area contributed by atoms with Crippen molar-refractivity contribution in [2.24, 2.45) is 0 Å². The standard InChI is InChI=1S/C14H19N5O6/c1-7-2-18(14(24)15-13(7)23)3-8-4-19(17-16-8)5-9-11(21)12(22)10(6-20)25-9/h2,4,9-12,20-22H,3,5-6H2,1H3,(H,15,23,24)/t9-,10-,11-,12-/m1/s1. The smallest absolute Gasteiger partial charge is 0.328 e. The Kier molecular flexibility index (Phi) is 4.81. The Morgan fingerprint density at radius 2 is 1.96 bits per heavy atom. The van der Waals surface area contributed by atoms with Crippen molar-refractivity contribution in [2.45, 2.75) is 44.4 Å². The van der Waals surface area contributed by atoms with Gasteiger partial charge in [-0.2, -0.15) is 0 Å². The van der Waals surface area contributed by atoms with E-state index in [0.717, 1.165) is 0 Å². The molecule has 1 aliphatic rings. The molecule has 4 atom stereocenters. The molecule has 1 saturated heterocycles. The fraction of sp³-hybridized carbons (Fsp3) is 0.571. The number of aromatic nitrogens is 5. The highest BCUT2D eigenvalue weighted by Crippen LogP contribution is 2.22. The molecule has 3 heterocycles. The Bertz CT molecular complexity index is 858. The van der Waals surface area contributed by atoms with Gasteiger partial charge in [-0.25, -0.2) is 9.48 Å². The maximum Gasteiger partial charge on any atom is 0.328 e. The molecule has 0 bridgehead atoms. The first-order valence-electron chi connectivity index (χ1n) is 7.71. The van der Waals surface area contributed by atoms with Crippen molar-refractivity contribution in [2.75, 3.05) is 6.61 Å². The van der Waals surface area contributed by atoms with Gasteiger partial charge in [0.05, 0.1) is 25.9 Å². The lowest BCUT2D eigenvalue weighted by molar-refractivity contribution is -0.0276. The Morgan fingerprint density at radius 1 is 1.24 bits per heavy atom. The van der Waals surface area contributed by atoms with Crippen molar-refractivity contribution in [1.29, 1.82) is 0 Å². The molecule has 0 aromatic carbocycles. The first-order valence-corrected chi connectivity index (χ1v) is 7.71. The second-order valence-electron chi connectivity index (χ2n) is 6.01. The van der Waals surface area contributed by atoms with Gasteiger partial charge >= 0.3 is 5.69 Å². The van der Waals surface area contributed by atoms with E-state index in [1.165, 1.54) is 15.4 Å². The first-order chi connectivity index (χ1) is 11.9. The van der Waals surface area contributed by atoms with E-state index in [-0.39, 0.29) is 13.1 Å². The highest BCUT2D eigenvalue weighted by atomic mass is 16.6. The van der Waals surface area contributed by atoms with Gasteiger partial charge in [-0.05, 0) is 6.92 Å². The van der Waals surface area contributed by atoms with Gasteiger partial charge in [-0.15, -0.1) is 5.10 Å². The van der Waals surface area contributed by atoms with Crippen LogP contribution in [0.1, 0.15) is 11.3 Å². The maximum absolute atomic E-state index is 11.8. The van der Waals surface area contributed by atoms with Gasteiger partial charge in [0.1, 0.15) is 30.1 Å². The molecule has 2 aromatic heterocycles. The third-order valence-corrected chi connectivity index (χ3v) is 4.12. The molecule has 25 heavy (non-hydrogen) atoms. The van der Waals surface area contributed by atoms with E-state index >= 15 is 0 Å². The predicted octanol–water partition coefficient (Wildman–Crippen LogP) is -3.03. The fourth-order valence-corrected chi connectivity index (χ4v) is 2.72. The number of aromatic amines is 1. The molecule has 0 amide bonds. The number of aryl methyl sites for hydroxylation is 1. The summed E-state index contributed by atoms with van der Waals surface area (Å²) >= 11 is 0. The van der Waals surface area contributed by atoms with Gasteiger partial charge < -0.3 is 20.1 Å². The summed E-state index contributed by atoms with van der Waals surface area (Å²) < 4.78 is 8.10. The van der Waals surface area contributed by atoms with Gasteiger partial charge in [0, 0.05) is 11.8 Å². The summed E-state index contributed by atoms with van der Waals surface area (Å²) in [5.74, 6) is 0. The molecular weight excluding hydrogens is 334 g/mol. The second-order valence-corrected chi connectivity index (χ2v) is 6.01. The zero-order valence-corrected chi connectivity index (χ0v) is 13.4. The van der Waals surface area contributed by atoms with Crippen LogP contribution in [0, 0.1) is 6.92 Å². The van der Waals surface area contributed by atoms with Crippen LogP contribution in [0.3, 0.4) is 0 Å². The molecule has 2 aromatic rings. The van der Waals surface area contributed by atoms with Crippen molar-refractivity contribution in [1.82, 2.24) is 24.5 Å². The van der Waals surface area contributed by atoms with Crippen LogP contribution in [0.5, 0.6) is 0 Å². The zero-order chi connectivity index (χ0) is 18.1. The number of aliphatic hydroxyl groups is 3. The van der Waals surface area contributed by atoms with Crippen molar-refractivity contribution in [3.63, 3.8) is 0 Å². The number of nitrogens with zero attached hydrogens (tertiary/aromatic N) is 4. The van der Waals surface area contributed by atoms with Crippen molar-refractivity contribution < 1.29 is 20.1 Å². The highest BCUT2D eigenvalue weighted by molar-refractivity contribution is 5.03. The quantitative estimate of drug-likeness (QED) is 0.442. The van der Waals surface area contributed by atoms with Crippen LogP contribution in [-0.2, 0) is 17.8 Å². The van der Waals surface area contributed by atoms with Gasteiger partial charge in [-0.3, -0.25) is 14.3 Å². The normalized spacial score (nSPS) is 26.2. The summed E-state index contributed by atoms with van der Waals surface area (Å²) in [7, 11) is 0. The number of aliphatic hydroxyl groups excluding tert-OH is 3. The molecule has 0 aliphatic carbocycles. The minimum atomic E-state index is -1.17. The number of nitrogens with one attached hydrogen (secondary N) is 1. The third kappa shape index (κ3) is 3.54. The van der Waals surface area contributed by atoms with E-state index in [0.29, 0.717) is 11.3 Å². The molecule has 3 rings (SSSR count). The Labute approximate surface area is 141 Å². The molecular formula is C14H19N5O6. The van der Waals surface area contributed by atoms with E-state index < -0.39 is 42.3 Å². The summed E-state index contributed by atoms with van der Waals surface area (Å²) in [6, 6.07) is 0. The summed E-state index contributed by atoms with van der Waals surface area (Å²) in [4.78, 5) is 25.4. The van der Waals surface area contributed by atoms with Crippen LogP contribution in [0.2, 0.25) is 0 Å². The molecule has 0 radical (unpaired) electrons. The van der Waals surface area contributed by atoms with Gasteiger partial charge in [-0.1, -0.05) is 5.21 Å². The zero-order valence-electron chi connectivity index (χ0n) is 13.4. The van der Waals surface area contributed by atoms with Crippen LogP contribution in [0.15, 0.2) is 22.0 Å². The number of ether oxygens (including phenoxy) is 1. The van der Waals surface area contributed by atoms with Crippen LogP contribution >= 0.6 is 0 Å². The molecule has 0 saturated carbocycles. The van der Waals surface area contributed by atoms with E-state index in [4.69, 9.17) is 9.84 Å². The van der Waals surface area contributed by atoms with Crippen LogP contribution < -0.4 is 11.2 Å². The van der Waals surface area contributed by atoms with Gasteiger partial charge in [0.2, 0.25) is 0 Å². The summed E-state index contributed by atoms with van der Waals surface area (Å²) in [6.45, 7) is 1.44. The Hall–Kier alpha value is -2.34. The fourth-order valence-electron chi connectivity index (χ4n) is 2.72. The monoisotopic (exact) mass is 353 g/mol. The van der Waals surface area contributed by atoms with Crippen molar-refractivity contribution in [3.8, 4) is 0 Å². The van der Waals surface area contributed by atoms with Gasteiger partial charge in [0.15, 0.2) is 0 Å². The molecule has 0 unspecified atom stereocenters. The van der Waals surface area contributed by atoms with E-state index in [2.05, 4.69) is 15.3 Å². The average molecular weight is 353 g/mol. The first kappa shape index (κ1) is 17.5. The van der Waals surface area contributed by atoms with Crippen LogP contribution in [0.25, 0.3) is 0 Å². The Balaban J connectivity index is 1.70. The molecule has 11 nitrogen and oxygen atoms in total. The minimum absolute atomic E-state index is 0.117. The van der Waals surface area contributed by atoms with E-state index in [1.807, 2.05) is 0 Å². The van der Waals surface area contributed by atoms with Gasteiger partial charge in [0.25, 0.3) is 5.56 Å².